The molecule has 0 saturated heterocycles. The van der Waals surface area contributed by atoms with E-state index in [1.54, 1.807) is 0 Å². The van der Waals surface area contributed by atoms with Gasteiger partial charge >= 0.3 is 5.97 Å². The summed E-state index contributed by atoms with van der Waals surface area (Å²) in [5.74, 6) is -2.84. The van der Waals surface area contributed by atoms with Gasteiger partial charge in [0.2, 0.25) is 17.7 Å². The third-order valence-electron chi connectivity index (χ3n) is 5.35. The Bertz CT molecular complexity index is 824. The van der Waals surface area contributed by atoms with Crippen LogP contribution in [0.1, 0.15) is 45.1 Å². The lowest BCUT2D eigenvalue weighted by molar-refractivity contribution is -0.142. The molecule has 1 rings (SSSR count). The zero-order chi connectivity index (χ0) is 26.4. The number of aliphatic carboxylic acids is 1. The highest BCUT2D eigenvalue weighted by Gasteiger charge is 2.30. The minimum absolute atomic E-state index is 0.0160. The average Bonchev–Trinajstić information content (AvgIpc) is 2.81. The van der Waals surface area contributed by atoms with Gasteiger partial charge in [-0.1, -0.05) is 44.2 Å². The first-order valence-corrected chi connectivity index (χ1v) is 12.5. The first kappa shape index (κ1) is 30.4. The van der Waals surface area contributed by atoms with Crippen LogP contribution >= 0.6 is 12.6 Å². The van der Waals surface area contributed by atoms with Crippen LogP contribution in [-0.2, 0) is 25.6 Å². The van der Waals surface area contributed by atoms with Crippen molar-refractivity contribution in [2.24, 2.45) is 17.4 Å². The van der Waals surface area contributed by atoms with Crippen LogP contribution in [0.15, 0.2) is 30.3 Å². The molecule has 10 nitrogen and oxygen atoms in total. The summed E-state index contributed by atoms with van der Waals surface area (Å²) in [6.45, 7) is 4.12. The Morgan fingerprint density at radius 1 is 0.914 bits per heavy atom. The molecular weight excluding hydrogens is 470 g/mol. The molecule has 0 heterocycles. The highest BCUT2D eigenvalue weighted by atomic mass is 32.1. The van der Waals surface area contributed by atoms with Gasteiger partial charge in [0.15, 0.2) is 0 Å². The summed E-state index contributed by atoms with van der Waals surface area (Å²) in [5.41, 5.74) is 12.4. The molecule has 4 unspecified atom stereocenters. The van der Waals surface area contributed by atoms with Crippen molar-refractivity contribution in [3.8, 4) is 0 Å². The van der Waals surface area contributed by atoms with Crippen molar-refractivity contribution < 1.29 is 24.3 Å². The first-order chi connectivity index (χ1) is 16.6. The molecule has 0 radical (unpaired) electrons. The van der Waals surface area contributed by atoms with Crippen LogP contribution in [0.2, 0.25) is 0 Å². The third kappa shape index (κ3) is 11.6. The van der Waals surface area contributed by atoms with Crippen molar-refractivity contribution in [3.05, 3.63) is 35.9 Å². The lowest BCUT2D eigenvalue weighted by Gasteiger charge is -2.25. The lowest BCUT2D eigenvalue weighted by Crippen LogP contribution is -2.57. The molecule has 1 aromatic carbocycles. The number of hydrogen-bond acceptors (Lipinski definition) is 7. The molecule has 1 aromatic rings. The molecule has 0 saturated carbocycles. The molecule has 35 heavy (non-hydrogen) atoms. The van der Waals surface area contributed by atoms with Gasteiger partial charge in [-0.25, -0.2) is 4.79 Å². The predicted molar refractivity (Wildman–Crippen MR) is 138 cm³/mol. The van der Waals surface area contributed by atoms with E-state index >= 15 is 0 Å². The molecule has 0 fully saturated rings. The number of unbranched alkanes of at least 4 members (excludes halogenated alkanes) is 1. The number of carbonyl (C=O) groups excluding carboxylic acids is 3. The normalized spacial score (nSPS) is 14.5. The van der Waals surface area contributed by atoms with Gasteiger partial charge in [0, 0.05) is 5.75 Å². The summed E-state index contributed by atoms with van der Waals surface area (Å²) >= 11 is 4.17. The fourth-order valence-electron chi connectivity index (χ4n) is 3.43. The largest absolute Gasteiger partial charge is 0.480 e. The number of rotatable bonds is 16. The maximum absolute atomic E-state index is 12.9. The Morgan fingerprint density at radius 3 is 2.03 bits per heavy atom. The van der Waals surface area contributed by atoms with Crippen LogP contribution in [-0.4, -0.2) is 65.3 Å². The molecule has 3 amide bonds. The van der Waals surface area contributed by atoms with Crippen LogP contribution < -0.4 is 27.4 Å². The Labute approximate surface area is 212 Å². The number of amides is 3. The fourth-order valence-corrected chi connectivity index (χ4v) is 3.69. The maximum Gasteiger partial charge on any atom is 0.326 e. The monoisotopic (exact) mass is 509 g/mol. The molecule has 0 aliphatic heterocycles. The number of nitrogens with two attached hydrogens (primary N) is 2. The van der Waals surface area contributed by atoms with Crippen molar-refractivity contribution in [3.63, 3.8) is 0 Å². The Morgan fingerprint density at radius 2 is 1.49 bits per heavy atom. The summed E-state index contributed by atoms with van der Waals surface area (Å²) in [6, 6.07) is 5.29. The summed E-state index contributed by atoms with van der Waals surface area (Å²) in [7, 11) is 0. The standard InChI is InChI=1S/C24H39N5O5S/c1-15(2)12-19(24(33)34)28-22(31)18(10-6-7-11-25)27-23(32)20(14-35)29-21(30)17(26)13-16-8-4-3-5-9-16/h3-5,8-9,15,17-20,35H,6-7,10-14,25-26H2,1-2H3,(H,27,32)(H,28,31)(H,29,30)(H,33,34). The second-order valence-electron chi connectivity index (χ2n) is 8.91. The second-order valence-corrected chi connectivity index (χ2v) is 9.28. The summed E-state index contributed by atoms with van der Waals surface area (Å²) < 4.78 is 0. The zero-order valence-electron chi connectivity index (χ0n) is 20.4. The van der Waals surface area contributed by atoms with E-state index in [-0.39, 0.29) is 24.5 Å². The SMILES string of the molecule is CC(C)CC(NC(=O)C(CCCCN)NC(=O)C(CS)NC(=O)C(N)Cc1ccccc1)C(=O)O. The van der Waals surface area contributed by atoms with Gasteiger partial charge in [-0.05, 0) is 50.1 Å². The Balaban J connectivity index is 2.83. The fraction of sp³-hybridized carbons (Fsp3) is 0.583. The van der Waals surface area contributed by atoms with Gasteiger partial charge in [-0.2, -0.15) is 12.6 Å². The minimum Gasteiger partial charge on any atom is -0.480 e. The minimum atomic E-state index is -1.15. The lowest BCUT2D eigenvalue weighted by atomic mass is 10.0. The van der Waals surface area contributed by atoms with Gasteiger partial charge in [0.05, 0.1) is 6.04 Å². The van der Waals surface area contributed by atoms with Gasteiger partial charge in [-0.3, -0.25) is 14.4 Å². The smallest absolute Gasteiger partial charge is 0.326 e. The van der Waals surface area contributed by atoms with Crippen molar-refractivity contribution >= 4 is 36.3 Å². The van der Waals surface area contributed by atoms with Crippen LogP contribution in [0.5, 0.6) is 0 Å². The van der Waals surface area contributed by atoms with Crippen molar-refractivity contribution in [2.75, 3.05) is 12.3 Å². The summed E-state index contributed by atoms with van der Waals surface area (Å²) in [4.78, 5) is 49.9. The molecule has 11 heteroatoms. The number of carboxylic acids is 1. The van der Waals surface area contributed by atoms with E-state index in [1.165, 1.54) is 0 Å². The number of nitrogens with one attached hydrogen (secondary N) is 3. The van der Waals surface area contributed by atoms with Crippen LogP contribution in [0.4, 0.5) is 0 Å². The van der Waals surface area contributed by atoms with Crippen LogP contribution in [0.25, 0.3) is 0 Å². The Kier molecular flexibility index (Phi) is 14.0. The van der Waals surface area contributed by atoms with Gasteiger partial charge in [0.25, 0.3) is 0 Å². The number of carbonyl (C=O) groups is 4. The van der Waals surface area contributed by atoms with Gasteiger partial charge in [0.1, 0.15) is 18.1 Å². The summed E-state index contributed by atoms with van der Waals surface area (Å²) in [5, 5.41) is 17.2. The maximum atomic E-state index is 12.9. The number of carboxylic acid groups (broad SMARTS) is 1. The van der Waals surface area contributed by atoms with E-state index < -0.39 is 47.9 Å². The molecule has 0 aliphatic rings. The third-order valence-corrected chi connectivity index (χ3v) is 5.72. The summed E-state index contributed by atoms with van der Waals surface area (Å²) in [6.07, 6.45) is 2.00. The molecule has 0 aliphatic carbocycles. The molecule has 196 valence electrons. The quantitative estimate of drug-likeness (QED) is 0.123. The molecule has 0 bridgehead atoms. The van der Waals surface area contributed by atoms with E-state index in [9.17, 15) is 24.3 Å². The molecule has 4 atom stereocenters. The number of thiol groups is 1. The van der Waals surface area contributed by atoms with E-state index in [1.807, 2.05) is 44.2 Å². The molecular formula is C24H39N5O5S. The Hall–Kier alpha value is -2.63. The van der Waals surface area contributed by atoms with E-state index in [4.69, 9.17) is 11.5 Å². The van der Waals surface area contributed by atoms with E-state index in [2.05, 4.69) is 28.6 Å². The first-order valence-electron chi connectivity index (χ1n) is 11.8. The number of hydrogen-bond donors (Lipinski definition) is 7. The van der Waals surface area contributed by atoms with Crippen molar-refractivity contribution in [1.82, 2.24) is 16.0 Å². The zero-order valence-corrected chi connectivity index (χ0v) is 21.3. The van der Waals surface area contributed by atoms with Gasteiger partial charge in [-0.15, -0.1) is 0 Å². The van der Waals surface area contributed by atoms with Crippen LogP contribution in [0.3, 0.4) is 0 Å². The van der Waals surface area contributed by atoms with Crippen LogP contribution in [0, 0.1) is 5.92 Å². The van der Waals surface area contributed by atoms with E-state index in [0.717, 1.165) is 5.56 Å². The second kappa shape index (κ2) is 16.1. The highest BCUT2D eigenvalue weighted by Crippen LogP contribution is 2.08. The topological polar surface area (TPSA) is 177 Å². The van der Waals surface area contributed by atoms with Gasteiger partial charge < -0.3 is 32.5 Å². The number of benzene rings is 1. The molecule has 0 aromatic heterocycles. The van der Waals surface area contributed by atoms with Crippen molar-refractivity contribution in [2.45, 2.75) is 70.1 Å². The average molecular weight is 510 g/mol. The van der Waals surface area contributed by atoms with Crippen molar-refractivity contribution in [1.29, 1.82) is 0 Å². The van der Waals surface area contributed by atoms with E-state index in [0.29, 0.717) is 25.8 Å². The highest BCUT2D eigenvalue weighted by molar-refractivity contribution is 7.80. The molecule has 0 spiro atoms. The molecule has 8 N–H and O–H groups in total. The predicted octanol–water partition coefficient (Wildman–Crippen LogP) is 0.200.